The lowest BCUT2D eigenvalue weighted by Crippen LogP contribution is -2.35. The van der Waals surface area contributed by atoms with Crippen molar-refractivity contribution in [2.75, 3.05) is 6.61 Å². The van der Waals surface area contributed by atoms with E-state index in [9.17, 15) is 0 Å². The molecule has 0 bridgehead atoms. The smallest absolute Gasteiger partial charge is 0.119 e. The van der Waals surface area contributed by atoms with Gasteiger partial charge in [-0.2, -0.15) is 0 Å². The molecule has 96 valence electrons. The summed E-state index contributed by atoms with van der Waals surface area (Å²) in [7, 11) is 0. The fourth-order valence-electron chi connectivity index (χ4n) is 1.33. The molecule has 0 heterocycles. The molecule has 2 N–H and O–H groups in total. The molecule has 1 rings (SSSR count). The highest BCUT2D eigenvalue weighted by molar-refractivity contribution is 5.28. The molecule has 0 aliphatic rings. The van der Waals surface area contributed by atoms with Crippen LogP contribution in [0.3, 0.4) is 0 Å². The highest BCUT2D eigenvalue weighted by Gasteiger charge is 2.08. The number of aliphatic hydroxyl groups is 1. The molecule has 0 spiro atoms. The predicted molar refractivity (Wildman–Crippen MR) is 70.2 cm³/mol. The number of aliphatic hydroxyl groups excluding tert-OH is 1. The van der Waals surface area contributed by atoms with Crippen LogP contribution in [0.5, 0.6) is 5.75 Å². The molecule has 0 fully saturated rings. The molecule has 0 saturated heterocycles. The molecule has 0 amide bonds. The van der Waals surface area contributed by atoms with Gasteiger partial charge < -0.3 is 15.2 Å². The molecule has 1 atom stereocenters. The van der Waals surface area contributed by atoms with Crippen LogP contribution in [0.15, 0.2) is 24.3 Å². The third-order valence-electron chi connectivity index (χ3n) is 2.21. The summed E-state index contributed by atoms with van der Waals surface area (Å²) < 4.78 is 5.46. The number of hydrogen-bond acceptors (Lipinski definition) is 3. The van der Waals surface area contributed by atoms with E-state index in [2.05, 4.69) is 32.2 Å². The Hall–Kier alpha value is -1.06. The average Bonchev–Trinajstić information content (AvgIpc) is 2.23. The highest BCUT2D eigenvalue weighted by atomic mass is 16.5. The van der Waals surface area contributed by atoms with E-state index < -0.39 is 6.10 Å². The van der Waals surface area contributed by atoms with E-state index in [0.29, 0.717) is 6.61 Å². The summed E-state index contributed by atoms with van der Waals surface area (Å²) in [5, 5.41) is 12.6. The molecule has 0 aromatic heterocycles. The summed E-state index contributed by atoms with van der Waals surface area (Å²) in [5.41, 5.74) is 1.29. The third kappa shape index (κ3) is 6.29. The van der Waals surface area contributed by atoms with Crippen molar-refractivity contribution in [2.24, 2.45) is 0 Å². The van der Waals surface area contributed by atoms with Crippen molar-refractivity contribution in [2.45, 2.75) is 45.9 Å². The van der Waals surface area contributed by atoms with Crippen LogP contribution < -0.4 is 10.1 Å². The van der Waals surface area contributed by atoms with Crippen molar-refractivity contribution < 1.29 is 9.84 Å². The molecule has 0 aliphatic heterocycles. The predicted octanol–water partition coefficient (Wildman–Crippen LogP) is 2.33. The number of nitrogens with one attached hydrogen (secondary N) is 1. The summed E-state index contributed by atoms with van der Waals surface area (Å²) in [6.07, 6.45) is -0.439. The Labute approximate surface area is 104 Å². The molecule has 0 aliphatic carbocycles. The summed E-state index contributed by atoms with van der Waals surface area (Å²) in [5.74, 6) is 0.805. The van der Waals surface area contributed by atoms with Crippen molar-refractivity contribution in [3.05, 3.63) is 29.8 Å². The van der Waals surface area contributed by atoms with Crippen LogP contribution in [0.4, 0.5) is 0 Å². The summed E-state index contributed by atoms with van der Waals surface area (Å²) in [6, 6.07) is 7.94. The third-order valence-corrected chi connectivity index (χ3v) is 2.21. The van der Waals surface area contributed by atoms with Gasteiger partial charge in [0.05, 0.1) is 6.10 Å². The zero-order chi connectivity index (χ0) is 12.9. The van der Waals surface area contributed by atoms with Crippen LogP contribution in [0.25, 0.3) is 0 Å². The molecular formula is C14H23NO2. The molecule has 0 radical (unpaired) electrons. The van der Waals surface area contributed by atoms with Crippen molar-refractivity contribution in [1.29, 1.82) is 0 Å². The Morgan fingerprint density at radius 2 is 2.06 bits per heavy atom. The molecule has 1 unspecified atom stereocenters. The molecular weight excluding hydrogens is 214 g/mol. The molecule has 1 aromatic carbocycles. The molecule has 3 heteroatoms. The van der Waals surface area contributed by atoms with Gasteiger partial charge in [-0.05, 0) is 45.4 Å². The molecule has 17 heavy (non-hydrogen) atoms. The second-order valence-electron chi connectivity index (χ2n) is 5.41. The van der Waals surface area contributed by atoms with Crippen LogP contribution in [0.2, 0.25) is 0 Å². The van der Waals surface area contributed by atoms with Crippen molar-refractivity contribution in [1.82, 2.24) is 5.32 Å². The Morgan fingerprint density at radius 1 is 1.35 bits per heavy atom. The minimum atomic E-state index is -0.439. The first-order valence-corrected chi connectivity index (χ1v) is 6.02. The average molecular weight is 237 g/mol. The number of hydrogen-bond donors (Lipinski definition) is 2. The van der Waals surface area contributed by atoms with Crippen LogP contribution in [0.1, 0.15) is 33.3 Å². The molecule has 1 aromatic rings. The maximum absolute atomic E-state index is 9.16. The van der Waals surface area contributed by atoms with E-state index >= 15 is 0 Å². The first-order valence-electron chi connectivity index (χ1n) is 6.02. The minimum absolute atomic E-state index is 0.108. The zero-order valence-corrected chi connectivity index (χ0v) is 11.2. The lowest BCUT2D eigenvalue weighted by Gasteiger charge is -2.20. The Morgan fingerprint density at radius 3 is 2.65 bits per heavy atom. The van der Waals surface area contributed by atoms with Crippen LogP contribution >= 0.6 is 0 Å². The van der Waals surface area contributed by atoms with Crippen LogP contribution in [-0.4, -0.2) is 23.4 Å². The topological polar surface area (TPSA) is 41.5 Å². The standard InChI is InChI=1S/C14H23NO2/c1-11(16)10-17-13-7-5-6-12(8-13)9-15-14(2,3)4/h5-8,11,15-16H,9-10H2,1-4H3. The lowest BCUT2D eigenvalue weighted by atomic mass is 10.1. The van der Waals surface area contributed by atoms with Crippen molar-refractivity contribution in [3.8, 4) is 5.75 Å². The lowest BCUT2D eigenvalue weighted by molar-refractivity contribution is 0.122. The van der Waals surface area contributed by atoms with Gasteiger partial charge in [0, 0.05) is 12.1 Å². The van der Waals surface area contributed by atoms with E-state index in [-0.39, 0.29) is 5.54 Å². The van der Waals surface area contributed by atoms with Gasteiger partial charge in [0.25, 0.3) is 0 Å². The maximum Gasteiger partial charge on any atom is 0.119 e. The summed E-state index contributed by atoms with van der Waals surface area (Å²) in [4.78, 5) is 0. The fourth-order valence-corrected chi connectivity index (χ4v) is 1.33. The summed E-state index contributed by atoms with van der Waals surface area (Å²) in [6.45, 7) is 9.28. The molecule has 0 saturated carbocycles. The molecule has 3 nitrogen and oxygen atoms in total. The van der Waals surface area contributed by atoms with Crippen LogP contribution in [0, 0.1) is 0 Å². The van der Waals surface area contributed by atoms with Gasteiger partial charge in [0.1, 0.15) is 12.4 Å². The quantitative estimate of drug-likeness (QED) is 0.826. The van der Waals surface area contributed by atoms with E-state index in [1.54, 1.807) is 6.92 Å². The van der Waals surface area contributed by atoms with Gasteiger partial charge in [-0.1, -0.05) is 12.1 Å². The monoisotopic (exact) mass is 237 g/mol. The van der Waals surface area contributed by atoms with E-state index in [1.807, 2.05) is 18.2 Å². The highest BCUT2D eigenvalue weighted by Crippen LogP contribution is 2.14. The summed E-state index contributed by atoms with van der Waals surface area (Å²) >= 11 is 0. The van der Waals surface area contributed by atoms with Gasteiger partial charge in [0.15, 0.2) is 0 Å². The van der Waals surface area contributed by atoms with Gasteiger partial charge in [-0.25, -0.2) is 0 Å². The Balaban J connectivity index is 2.54. The largest absolute Gasteiger partial charge is 0.491 e. The van der Waals surface area contributed by atoms with Crippen molar-refractivity contribution in [3.63, 3.8) is 0 Å². The van der Waals surface area contributed by atoms with Gasteiger partial charge >= 0.3 is 0 Å². The van der Waals surface area contributed by atoms with E-state index in [1.165, 1.54) is 5.56 Å². The van der Waals surface area contributed by atoms with Gasteiger partial charge in [-0.15, -0.1) is 0 Å². The Kier molecular flexibility index (Phi) is 4.97. The second kappa shape index (κ2) is 6.03. The van der Waals surface area contributed by atoms with Crippen LogP contribution in [-0.2, 0) is 6.54 Å². The minimum Gasteiger partial charge on any atom is -0.491 e. The first kappa shape index (κ1) is 14.0. The Bertz CT molecular complexity index is 342. The normalized spacial score (nSPS) is 13.5. The zero-order valence-electron chi connectivity index (χ0n) is 11.2. The van der Waals surface area contributed by atoms with Gasteiger partial charge in [0.2, 0.25) is 0 Å². The number of rotatable bonds is 5. The first-order chi connectivity index (χ1) is 7.87. The number of benzene rings is 1. The van der Waals surface area contributed by atoms with E-state index in [0.717, 1.165) is 12.3 Å². The van der Waals surface area contributed by atoms with Crippen molar-refractivity contribution >= 4 is 0 Å². The second-order valence-corrected chi connectivity index (χ2v) is 5.41. The maximum atomic E-state index is 9.16. The number of ether oxygens (including phenoxy) is 1. The van der Waals surface area contributed by atoms with E-state index in [4.69, 9.17) is 9.84 Å². The van der Waals surface area contributed by atoms with Gasteiger partial charge in [-0.3, -0.25) is 0 Å². The fraction of sp³-hybridized carbons (Fsp3) is 0.571. The SMILES string of the molecule is CC(O)COc1cccc(CNC(C)(C)C)c1.